The second kappa shape index (κ2) is 6.16. The normalized spacial score (nSPS) is 18.3. The van der Waals surface area contributed by atoms with E-state index in [4.69, 9.17) is 15.2 Å². The molecule has 0 unspecified atom stereocenters. The molecule has 1 saturated heterocycles. The van der Waals surface area contributed by atoms with Crippen LogP contribution in [0.2, 0.25) is 0 Å². The van der Waals surface area contributed by atoms with Gasteiger partial charge in [-0.15, -0.1) is 0 Å². The predicted molar refractivity (Wildman–Crippen MR) is 73.3 cm³/mol. The van der Waals surface area contributed by atoms with Crippen LogP contribution in [-0.2, 0) is 4.74 Å². The molecule has 1 aliphatic rings. The third-order valence-corrected chi connectivity index (χ3v) is 3.20. The van der Waals surface area contributed by atoms with Gasteiger partial charge in [0.2, 0.25) is 5.88 Å². The fourth-order valence-corrected chi connectivity index (χ4v) is 2.12. The lowest BCUT2D eigenvalue weighted by Gasteiger charge is -2.37. The van der Waals surface area contributed by atoms with Gasteiger partial charge < -0.3 is 20.5 Å². The Morgan fingerprint density at radius 1 is 1.42 bits per heavy atom. The van der Waals surface area contributed by atoms with Crippen LogP contribution in [0.3, 0.4) is 0 Å². The van der Waals surface area contributed by atoms with E-state index in [1.165, 1.54) is 0 Å². The summed E-state index contributed by atoms with van der Waals surface area (Å²) in [6, 6.07) is 0. The van der Waals surface area contributed by atoms with E-state index in [9.17, 15) is 0 Å². The third-order valence-electron chi connectivity index (χ3n) is 3.20. The van der Waals surface area contributed by atoms with Crippen LogP contribution >= 0.6 is 0 Å². The van der Waals surface area contributed by atoms with Crippen molar-refractivity contribution in [2.45, 2.75) is 38.3 Å². The maximum Gasteiger partial charge on any atom is 0.234 e. The van der Waals surface area contributed by atoms with E-state index < -0.39 is 0 Å². The van der Waals surface area contributed by atoms with Gasteiger partial charge in [0.25, 0.3) is 0 Å². The summed E-state index contributed by atoms with van der Waals surface area (Å²) in [4.78, 5) is 8.55. The molecule has 0 amide bonds. The first-order valence-electron chi connectivity index (χ1n) is 6.68. The summed E-state index contributed by atoms with van der Waals surface area (Å²) in [6.07, 6.45) is 5.14. The smallest absolute Gasteiger partial charge is 0.234 e. The number of ether oxygens (including phenoxy) is 2. The number of nitrogens with one attached hydrogen (secondary N) is 1. The van der Waals surface area contributed by atoms with Crippen molar-refractivity contribution in [1.29, 1.82) is 0 Å². The molecular formula is C13H22N4O2. The van der Waals surface area contributed by atoms with Crippen LogP contribution in [0.15, 0.2) is 12.4 Å². The Labute approximate surface area is 113 Å². The zero-order valence-electron chi connectivity index (χ0n) is 11.6. The number of rotatable bonds is 5. The van der Waals surface area contributed by atoms with Crippen molar-refractivity contribution in [2.24, 2.45) is 5.73 Å². The van der Waals surface area contributed by atoms with Crippen molar-refractivity contribution >= 4 is 5.82 Å². The standard InChI is InChI=1S/C13H22N4O2/c1-10(2)19-12-8-15-7-11(16-12)17-13(9-14)3-5-18-6-4-13/h7-8,10H,3-6,9,14H2,1-2H3,(H,16,17). The molecule has 2 rings (SSSR count). The van der Waals surface area contributed by atoms with Gasteiger partial charge in [0.1, 0.15) is 5.82 Å². The minimum Gasteiger partial charge on any atom is -0.474 e. The van der Waals surface area contributed by atoms with Crippen LogP contribution in [0.4, 0.5) is 5.82 Å². The highest BCUT2D eigenvalue weighted by atomic mass is 16.5. The summed E-state index contributed by atoms with van der Waals surface area (Å²) in [6.45, 7) is 5.91. The first-order valence-corrected chi connectivity index (χ1v) is 6.68. The molecule has 1 aliphatic heterocycles. The fraction of sp³-hybridized carbons (Fsp3) is 0.692. The second-order valence-corrected chi connectivity index (χ2v) is 5.13. The van der Waals surface area contributed by atoms with Crippen LogP contribution in [0.1, 0.15) is 26.7 Å². The number of hydrogen-bond donors (Lipinski definition) is 2. The molecule has 6 nitrogen and oxygen atoms in total. The Bertz CT molecular complexity index is 405. The minimum atomic E-state index is -0.149. The van der Waals surface area contributed by atoms with Crippen molar-refractivity contribution in [3.63, 3.8) is 0 Å². The summed E-state index contributed by atoms with van der Waals surface area (Å²) in [5.74, 6) is 1.23. The number of anilines is 1. The van der Waals surface area contributed by atoms with E-state index >= 15 is 0 Å². The minimum absolute atomic E-state index is 0.0797. The Balaban J connectivity index is 2.08. The van der Waals surface area contributed by atoms with Crippen LogP contribution in [0.5, 0.6) is 5.88 Å². The van der Waals surface area contributed by atoms with Gasteiger partial charge in [-0.1, -0.05) is 0 Å². The second-order valence-electron chi connectivity index (χ2n) is 5.13. The molecule has 106 valence electrons. The number of nitrogens with zero attached hydrogens (tertiary/aromatic N) is 2. The molecule has 3 N–H and O–H groups in total. The molecule has 0 atom stereocenters. The molecule has 0 saturated carbocycles. The van der Waals surface area contributed by atoms with E-state index in [1.54, 1.807) is 12.4 Å². The Kier molecular flexibility index (Phi) is 4.55. The third kappa shape index (κ3) is 3.78. The summed E-state index contributed by atoms with van der Waals surface area (Å²) in [5, 5.41) is 3.40. The van der Waals surface area contributed by atoms with Crippen LogP contribution in [0, 0.1) is 0 Å². The SMILES string of the molecule is CC(C)Oc1cncc(NC2(CN)CCOCC2)n1. The van der Waals surface area contributed by atoms with E-state index in [0.717, 1.165) is 26.1 Å². The average molecular weight is 266 g/mol. The molecule has 1 aromatic rings. The fourth-order valence-electron chi connectivity index (χ4n) is 2.12. The van der Waals surface area contributed by atoms with E-state index in [1.807, 2.05) is 13.8 Å². The topological polar surface area (TPSA) is 82.3 Å². The molecular weight excluding hydrogens is 244 g/mol. The number of aromatic nitrogens is 2. The summed E-state index contributed by atoms with van der Waals surface area (Å²) < 4.78 is 10.9. The Hall–Kier alpha value is -1.40. The zero-order chi connectivity index (χ0) is 13.7. The molecule has 19 heavy (non-hydrogen) atoms. The molecule has 1 aromatic heterocycles. The lowest BCUT2D eigenvalue weighted by molar-refractivity contribution is 0.0626. The lowest BCUT2D eigenvalue weighted by Crippen LogP contribution is -2.49. The highest BCUT2D eigenvalue weighted by Crippen LogP contribution is 2.24. The van der Waals surface area contributed by atoms with Crippen molar-refractivity contribution in [2.75, 3.05) is 25.1 Å². The van der Waals surface area contributed by atoms with Gasteiger partial charge in [-0.05, 0) is 26.7 Å². The Morgan fingerprint density at radius 2 is 2.16 bits per heavy atom. The maximum absolute atomic E-state index is 5.91. The maximum atomic E-state index is 5.91. The summed E-state index contributed by atoms with van der Waals surface area (Å²) >= 11 is 0. The van der Waals surface area contributed by atoms with Gasteiger partial charge in [-0.3, -0.25) is 4.98 Å². The van der Waals surface area contributed by atoms with Crippen molar-refractivity contribution < 1.29 is 9.47 Å². The molecule has 1 fully saturated rings. The molecule has 2 heterocycles. The quantitative estimate of drug-likeness (QED) is 0.833. The first-order chi connectivity index (χ1) is 9.13. The van der Waals surface area contributed by atoms with Crippen molar-refractivity contribution in [1.82, 2.24) is 9.97 Å². The highest BCUT2D eigenvalue weighted by molar-refractivity contribution is 5.37. The Morgan fingerprint density at radius 3 is 2.79 bits per heavy atom. The zero-order valence-corrected chi connectivity index (χ0v) is 11.6. The lowest BCUT2D eigenvalue weighted by atomic mass is 9.90. The van der Waals surface area contributed by atoms with Gasteiger partial charge in [-0.2, -0.15) is 4.98 Å². The average Bonchev–Trinajstić information content (AvgIpc) is 2.39. The molecule has 0 aliphatic carbocycles. The predicted octanol–water partition coefficient (Wildman–Crippen LogP) is 1.18. The van der Waals surface area contributed by atoms with Crippen molar-refractivity contribution in [3.8, 4) is 5.88 Å². The number of nitrogens with two attached hydrogens (primary N) is 1. The van der Waals surface area contributed by atoms with Gasteiger partial charge in [-0.25, -0.2) is 0 Å². The van der Waals surface area contributed by atoms with Gasteiger partial charge in [0, 0.05) is 19.8 Å². The van der Waals surface area contributed by atoms with Crippen LogP contribution < -0.4 is 15.8 Å². The number of hydrogen-bond acceptors (Lipinski definition) is 6. The molecule has 0 aromatic carbocycles. The molecule has 0 spiro atoms. The summed E-state index contributed by atoms with van der Waals surface area (Å²) in [7, 11) is 0. The highest BCUT2D eigenvalue weighted by Gasteiger charge is 2.31. The first kappa shape index (κ1) is 14.0. The largest absolute Gasteiger partial charge is 0.474 e. The monoisotopic (exact) mass is 266 g/mol. The molecule has 0 bridgehead atoms. The van der Waals surface area contributed by atoms with Crippen LogP contribution in [0.25, 0.3) is 0 Å². The van der Waals surface area contributed by atoms with Crippen molar-refractivity contribution in [3.05, 3.63) is 12.4 Å². The van der Waals surface area contributed by atoms with E-state index in [2.05, 4.69) is 15.3 Å². The van der Waals surface area contributed by atoms with Crippen LogP contribution in [-0.4, -0.2) is 41.4 Å². The molecule has 0 radical (unpaired) electrons. The van der Waals surface area contributed by atoms with E-state index in [-0.39, 0.29) is 11.6 Å². The van der Waals surface area contributed by atoms with Gasteiger partial charge in [0.05, 0.1) is 24.0 Å². The van der Waals surface area contributed by atoms with E-state index in [0.29, 0.717) is 18.2 Å². The molecule has 6 heteroatoms. The summed E-state index contributed by atoms with van der Waals surface area (Å²) in [5.41, 5.74) is 5.76. The van der Waals surface area contributed by atoms with Gasteiger partial charge in [0.15, 0.2) is 0 Å². The van der Waals surface area contributed by atoms with Gasteiger partial charge >= 0.3 is 0 Å².